The van der Waals surface area contributed by atoms with Crippen molar-refractivity contribution in [1.29, 1.82) is 0 Å². The zero-order chi connectivity index (χ0) is 16.9. The molecule has 142 valence electrons. The Kier molecular flexibility index (Phi) is 9.39. The van der Waals surface area contributed by atoms with Crippen LogP contribution in [0.2, 0.25) is 0 Å². The summed E-state index contributed by atoms with van der Waals surface area (Å²) in [6, 6.07) is 13.3. The van der Waals surface area contributed by atoms with Gasteiger partial charge in [-0.25, -0.2) is 0 Å². The van der Waals surface area contributed by atoms with Gasteiger partial charge in [-0.05, 0) is 35.9 Å². The van der Waals surface area contributed by atoms with Gasteiger partial charge < -0.3 is 20.7 Å². The number of rotatable bonds is 4. The predicted octanol–water partition coefficient (Wildman–Crippen LogP) is 3.84. The zero-order valence-corrected chi connectivity index (χ0v) is 17.3. The summed E-state index contributed by atoms with van der Waals surface area (Å²) in [6.07, 6.45) is 0. The van der Waals surface area contributed by atoms with E-state index < -0.39 is 0 Å². The Balaban J connectivity index is 0.00000169. The number of nitrogens with zero attached hydrogens (tertiary/aromatic N) is 1. The Morgan fingerprint density at radius 3 is 2.38 bits per heavy atom. The Morgan fingerprint density at radius 1 is 1.12 bits per heavy atom. The number of morpholine rings is 1. The fraction of sp³-hybridized carbons (Fsp3) is 0.278. The van der Waals surface area contributed by atoms with Crippen molar-refractivity contribution in [3.63, 3.8) is 0 Å². The average molecular weight is 463 g/mol. The van der Waals surface area contributed by atoms with E-state index in [1.807, 2.05) is 30.3 Å². The SMILES string of the molecule is Cl.Cl.NCc1ccc(C(=O)Nc2cc(Br)ccc2N2CCOCC2)cc1. The van der Waals surface area contributed by atoms with E-state index in [1.165, 1.54) is 0 Å². The highest BCUT2D eigenvalue weighted by molar-refractivity contribution is 9.10. The molecule has 1 heterocycles. The average Bonchev–Trinajstić information content (AvgIpc) is 2.62. The molecule has 0 atom stereocenters. The second-order valence-electron chi connectivity index (χ2n) is 5.62. The molecule has 2 aromatic carbocycles. The minimum Gasteiger partial charge on any atom is -0.378 e. The number of ether oxygens (including phenoxy) is 1. The molecule has 0 saturated carbocycles. The quantitative estimate of drug-likeness (QED) is 0.724. The molecule has 0 bridgehead atoms. The highest BCUT2D eigenvalue weighted by Crippen LogP contribution is 2.30. The van der Waals surface area contributed by atoms with Crippen molar-refractivity contribution in [1.82, 2.24) is 0 Å². The van der Waals surface area contributed by atoms with Crippen molar-refractivity contribution in [2.24, 2.45) is 5.73 Å². The predicted molar refractivity (Wildman–Crippen MR) is 114 cm³/mol. The van der Waals surface area contributed by atoms with Gasteiger partial charge >= 0.3 is 0 Å². The Hall–Kier alpha value is -1.31. The molecule has 1 amide bonds. The van der Waals surface area contributed by atoms with Gasteiger partial charge in [0.1, 0.15) is 0 Å². The van der Waals surface area contributed by atoms with Gasteiger partial charge in [0.15, 0.2) is 0 Å². The van der Waals surface area contributed by atoms with Crippen molar-refractivity contribution in [2.75, 3.05) is 36.5 Å². The number of halogens is 3. The molecule has 0 aliphatic carbocycles. The van der Waals surface area contributed by atoms with Gasteiger partial charge in [-0.3, -0.25) is 4.79 Å². The van der Waals surface area contributed by atoms with E-state index in [4.69, 9.17) is 10.5 Å². The highest BCUT2D eigenvalue weighted by atomic mass is 79.9. The maximum Gasteiger partial charge on any atom is 0.255 e. The number of hydrogen-bond acceptors (Lipinski definition) is 4. The lowest BCUT2D eigenvalue weighted by Gasteiger charge is -2.30. The summed E-state index contributed by atoms with van der Waals surface area (Å²) >= 11 is 3.48. The van der Waals surface area contributed by atoms with Gasteiger partial charge in [-0.15, -0.1) is 24.8 Å². The molecular formula is C18H22BrCl2N3O2. The molecule has 2 aromatic rings. The van der Waals surface area contributed by atoms with E-state index in [1.54, 1.807) is 12.1 Å². The smallest absolute Gasteiger partial charge is 0.255 e. The van der Waals surface area contributed by atoms with Crippen LogP contribution in [-0.2, 0) is 11.3 Å². The number of benzene rings is 2. The Morgan fingerprint density at radius 2 is 1.77 bits per heavy atom. The largest absolute Gasteiger partial charge is 0.378 e. The fourth-order valence-electron chi connectivity index (χ4n) is 2.68. The van der Waals surface area contributed by atoms with Gasteiger partial charge in [0.05, 0.1) is 24.6 Å². The maximum absolute atomic E-state index is 12.6. The molecule has 1 aliphatic rings. The molecule has 3 N–H and O–H groups in total. The first kappa shape index (κ1) is 22.7. The van der Waals surface area contributed by atoms with Crippen LogP contribution in [0.5, 0.6) is 0 Å². The Labute approximate surface area is 174 Å². The van der Waals surface area contributed by atoms with E-state index in [-0.39, 0.29) is 30.7 Å². The fourth-order valence-corrected chi connectivity index (χ4v) is 3.04. The minimum atomic E-state index is -0.133. The van der Waals surface area contributed by atoms with Crippen LogP contribution in [0.15, 0.2) is 46.9 Å². The van der Waals surface area contributed by atoms with Crippen LogP contribution >= 0.6 is 40.7 Å². The third-order valence-corrected chi connectivity index (χ3v) is 4.50. The zero-order valence-electron chi connectivity index (χ0n) is 14.1. The molecule has 0 aromatic heterocycles. The van der Waals surface area contributed by atoms with E-state index in [0.717, 1.165) is 34.5 Å². The standard InChI is InChI=1S/C18H20BrN3O2.2ClH/c19-15-5-6-17(22-7-9-24-10-8-22)16(11-15)21-18(23)14-3-1-13(12-20)2-4-14;;/h1-6,11H,7-10,12,20H2,(H,21,23);2*1H. The molecule has 0 radical (unpaired) electrons. The van der Waals surface area contributed by atoms with Gasteiger partial charge in [-0.2, -0.15) is 0 Å². The third-order valence-electron chi connectivity index (χ3n) is 4.01. The molecule has 5 nitrogen and oxygen atoms in total. The lowest BCUT2D eigenvalue weighted by Crippen LogP contribution is -2.36. The molecule has 1 saturated heterocycles. The van der Waals surface area contributed by atoms with E-state index in [0.29, 0.717) is 25.3 Å². The van der Waals surface area contributed by atoms with Crippen molar-refractivity contribution < 1.29 is 9.53 Å². The van der Waals surface area contributed by atoms with Gasteiger partial charge in [0, 0.05) is 29.7 Å². The first-order valence-corrected chi connectivity index (χ1v) is 8.69. The molecule has 8 heteroatoms. The first-order valence-electron chi connectivity index (χ1n) is 7.90. The molecule has 0 unspecified atom stereocenters. The summed E-state index contributed by atoms with van der Waals surface area (Å²) in [7, 11) is 0. The number of hydrogen-bond donors (Lipinski definition) is 2. The summed E-state index contributed by atoms with van der Waals surface area (Å²) < 4.78 is 6.33. The molecule has 26 heavy (non-hydrogen) atoms. The summed E-state index contributed by atoms with van der Waals surface area (Å²) in [5.74, 6) is -0.133. The molecule has 1 aliphatic heterocycles. The third kappa shape index (κ3) is 5.59. The monoisotopic (exact) mass is 461 g/mol. The topological polar surface area (TPSA) is 67.6 Å². The summed E-state index contributed by atoms with van der Waals surface area (Å²) in [4.78, 5) is 14.8. The van der Waals surface area contributed by atoms with E-state index >= 15 is 0 Å². The summed E-state index contributed by atoms with van der Waals surface area (Å²) in [6.45, 7) is 3.49. The number of amides is 1. The first-order chi connectivity index (χ1) is 11.7. The molecule has 1 fully saturated rings. The number of carbonyl (C=O) groups excluding carboxylic acids is 1. The summed E-state index contributed by atoms with van der Waals surface area (Å²) in [5, 5.41) is 3.02. The maximum atomic E-state index is 12.6. The van der Waals surface area contributed by atoms with Crippen LogP contribution in [0, 0.1) is 0 Å². The van der Waals surface area contributed by atoms with Crippen molar-refractivity contribution in [2.45, 2.75) is 6.54 Å². The van der Waals surface area contributed by atoms with Crippen molar-refractivity contribution in [3.05, 3.63) is 58.1 Å². The van der Waals surface area contributed by atoms with Gasteiger partial charge in [0.25, 0.3) is 5.91 Å². The molecular weight excluding hydrogens is 441 g/mol. The molecule has 0 spiro atoms. The minimum absolute atomic E-state index is 0. The van der Waals surface area contributed by atoms with Crippen LogP contribution in [0.1, 0.15) is 15.9 Å². The number of anilines is 2. The lowest BCUT2D eigenvalue weighted by molar-refractivity contribution is 0.102. The van der Waals surface area contributed by atoms with Crippen LogP contribution in [0.4, 0.5) is 11.4 Å². The number of nitrogens with two attached hydrogens (primary N) is 1. The number of nitrogens with one attached hydrogen (secondary N) is 1. The van der Waals surface area contributed by atoms with Gasteiger partial charge in [0.2, 0.25) is 0 Å². The second kappa shape index (κ2) is 10.7. The second-order valence-corrected chi connectivity index (χ2v) is 6.53. The summed E-state index contributed by atoms with van der Waals surface area (Å²) in [5.41, 5.74) is 9.01. The van der Waals surface area contributed by atoms with Crippen LogP contribution in [0.3, 0.4) is 0 Å². The molecule has 3 rings (SSSR count). The van der Waals surface area contributed by atoms with E-state index in [2.05, 4.69) is 26.1 Å². The lowest BCUT2D eigenvalue weighted by atomic mass is 10.1. The van der Waals surface area contributed by atoms with Crippen LogP contribution in [0.25, 0.3) is 0 Å². The normalized spacial score (nSPS) is 13.4. The van der Waals surface area contributed by atoms with Crippen molar-refractivity contribution >= 4 is 58.0 Å². The van der Waals surface area contributed by atoms with Crippen LogP contribution < -0.4 is 16.0 Å². The van der Waals surface area contributed by atoms with Gasteiger partial charge in [-0.1, -0.05) is 28.1 Å². The van der Waals surface area contributed by atoms with E-state index in [9.17, 15) is 4.79 Å². The van der Waals surface area contributed by atoms with Crippen molar-refractivity contribution in [3.8, 4) is 0 Å². The number of carbonyl (C=O) groups is 1. The highest BCUT2D eigenvalue weighted by Gasteiger charge is 2.17. The van der Waals surface area contributed by atoms with Crippen LogP contribution in [-0.4, -0.2) is 32.2 Å². The Bertz CT molecular complexity index is 723.